The molecule has 1 amide bonds. The van der Waals surface area contributed by atoms with Gasteiger partial charge in [-0.15, -0.1) is 11.3 Å². The second-order valence-electron chi connectivity index (χ2n) is 5.51. The van der Waals surface area contributed by atoms with Crippen molar-refractivity contribution in [1.29, 1.82) is 0 Å². The van der Waals surface area contributed by atoms with E-state index in [0.717, 1.165) is 24.1 Å². The van der Waals surface area contributed by atoms with Gasteiger partial charge in [-0.2, -0.15) is 0 Å². The van der Waals surface area contributed by atoms with E-state index in [1.54, 1.807) is 0 Å². The Balaban J connectivity index is 1.50. The fourth-order valence-electron chi connectivity index (χ4n) is 2.77. The van der Waals surface area contributed by atoms with Crippen LogP contribution >= 0.6 is 11.3 Å². The van der Waals surface area contributed by atoms with E-state index in [-0.39, 0.29) is 12.0 Å². The maximum absolute atomic E-state index is 12.0. The number of carbonyl (C=O) groups excluding carboxylic acids is 1. The van der Waals surface area contributed by atoms with Gasteiger partial charge in [-0.25, -0.2) is 4.98 Å². The van der Waals surface area contributed by atoms with Gasteiger partial charge in [0.1, 0.15) is 6.10 Å². The van der Waals surface area contributed by atoms with Crippen LogP contribution in [0.5, 0.6) is 0 Å². The zero-order valence-corrected chi connectivity index (χ0v) is 12.8. The van der Waals surface area contributed by atoms with Gasteiger partial charge in [0.05, 0.1) is 18.9 Å². The van der Waals surface area contributed by atoms with Crippen molar-refractivity contribution in [3.8, 4) is 11.3 Å². The molecule has 4 rings (SSSR count). The second kappa shape index (κ2) is 5.79. The van der Waals surface area contributed by atoms with E-state index < -0.39 is 0 Å². The molecule has 0 radical (unpaired) electrons. The summed E-state index contributed by atoms with van der Waals surface area (Å²) in [6.45, 7) is 2.02. The number of amides is 1. The van der Waals surface area contributed by atoms with E-state index in [1.807, 2.05) is 11.4 Å². The summed E-state index contributed by atoms with van der Waals surface area (Å²) < 4.78 is 10.8. The quantitative estimate of drug-likeness (QED) is 0.946. The Morgan fingerprint density at radius 3 is 3.09 bits per heavy atom. The summed E-state index contributed by atoms with van der Waals surface area (Å²) >= 11 is 1.43. The average molecular weight is 316 g/mol. The van der Waals surface area contributed by atoms with E-state index >= 15 is 0 Å². The van der Waals surface area contributed by atoms with Crippen LogP contribution in [0.3, 0.4) is 0 Å². The molecule has 0 aliphatic carbocycles. The minimum Gasteiger partial charge on any atom is -0.372 e. The molecule has 1 aromatic heterocycles. The van der Waals surface area contributed by atoms with Gasteiger partial charge < -0.3 is 9.47 Å². The SMILES string of the molecule is O=C(Nc1nc(-c2ccc3c(c2)COC3)cs1)C1CCCO1. The maximum Gasteiger partial charge on any atom is 0.255 e. The summed E-state index contributed by atoms with van der Waals surface area (Å²) in [6, 6.07) is 6.25. The number of aromatic nitrogens is 1. The van der Waals surface area contributed by atoms with Gasteiger partial charge in [-0.3, -0.25) is 10.1 Å². The van der Waals surface area contributed by atoms with Crippen molar-refractivity contribution in [3.63, 3.8) is 0 Å². The Labute approximate surface area is 132 Å². The topological polar surface area (TPSA) is 60.5 Å². The highest BCUT2D eigenvalue weighted by atomic mass is 32.1. The van der Waals surface area contributed by atoms with Crippen LogP contribution in [0.25, 0.3) is 11.3 Å². The first-order valence-electron chi connectivity index (χ1n) is 7.37. The number of rotatable bonds is 3. The third-order valence-corrected chi connectivity index (χ3v) is 4.73. The molecule has 2 aliphatic heterocycles. The smallest absolute Gasteiger partial charge is 0.255 e. The van der Waals surface area contributed by atoms with Crippen molar-refractivity contribution in [2.45, 2.75) is 32.2 Å². The maximum atomic E-state index is 12.0. The number of thiazole rings is 1. The minimum absolute atomic E-state index is 0.0965. The van der Waals surface area contributed by atoms with Crippen molar-refractivity contribution in [2.24, 2.45) is 0 Å². The van der Waals surface area contributed by atoms with Gasteiger partial charge in [-0.1, -0.05) is 12.1 Å². The van der Waals surface area contributed by atoms with Crippen LogP contribution in [0.1, 0.15) is 24.0 Å². The molecule has 1 saturated heterocycles. The molecule has 0 spiro atoms. The number of nitrogens with zero attached hydrogens (tertiary/aromatic N) is 1. The van der Waals surface area contributed by atoms with E-state index in [1.165, 1.54) is 22.5 Å². The van der Waals surface area contributed by atoms with Gasteiger partial charge >= 0.3 is 0 Å². The van der Waals surface area contributed by atoms with Crippen LogP contribution in [0.2, 0.25) is 0 Å². The summed E-state index contributed by atoms with van der Waals surface area (Å²) in [4.78, 5) is 16.5. The molecule has 1 unspecified atom stereocenters. The molecule has 3 heterocycles. The zero-order chi connectivity index (χ0) is 14.9. The Bertz CT molecular complexity index is 707. The molecule has 2 aliphatic rings. The van der Waals surface area contributed by atoms with Crippen molar-refractivity contribution in [2.75, 3.05) is 11.9 Å². The van der Waals surface area contributed by atoms with Crippen LogP contribution in [-0.2, 0) is 27.5 Å². The average Bonchev–Trinajstić information content (AvgIpc) is 3.27. The van der Waals surface area contributed by atoms with Crippen molar-refractivity contribution in [1.82, 2.24) is 4.98 Å². The molecular weight excluding hydrogens is 300 g/mol. The lowest BCUT2D eigenvalue weighted by Crippen LogP contribution is -2.26. The molecule has 5 nitrogen and oxygen atoms in total. The predicted molar refractivity (Wildman–Crippen MR) is 83.6 cm³/mol. The lowest BCUT2D eigenvalue weighted by atomic mass is 10.1. The highest BCUT2D eigenvalue weighted by molar-refractivity contribution is 7.14. The third-order valence-electron chi connectivity index (χ3n) is 3.97. The monoisotopic (exact) mass is 316 g/mol. The van der Waals surface area contributed by atoms with Gasteiger partial charge in [0.15, 0.2) is 5.13 Å². The summed E-state index contributed by atoms with van der Waals surface area (Å²) in [5.74, 6) is -0.0965. The van der Waals surface area contributed by atoms with E-state index in [0.29, 0.717) is 25.0 Å². The molecule has 1 N–H and O–H groups in total. The van der Waals surface area contributed by atoms with Crippen molar-refractivity contribution >= 4 is 22.4 Å². The Morgan fingerprint density at radius 2 is 2.23 bits per heavy atom. The van der Waals surface area contributed by atoms with Gasteiger partial charge in [0, 0.05) is 17.6 Å². The van der Waals surface area contributed by atoms with Crippen LogP contribution in [-0.4, -0.2) is 23.6 Å². The number of fused-ring (bicyclic) bond motifs is 1. The third kappa shape index (κ3) is 2.65. The van der Waals surface area contributed by atoms with Crippen molar-refractivity contribution in [3.05, 3.63) is 34.7 Å². The molecule has 22 heavy (non-hydrogen) atoms. The highest BCUT2D eigenvalue weighted by Crippen LogP contribution is 2.29. The lowest BCUT2D eigenvalue weighted by molar-refractivity contribution is -0.124. The summed E-state index contributed by atoms with van der Waals surface area (Å²) in [7, 11) is 0. The number of hydrogen-bond donors (Lipinski definition) is 1. The van der Waals surface area contributed by atoms with Gasteiger partial charge in [0.2, 0.25) is 0 Å². The van der Waals surface area contributed by atoms with E-state index in [9.17, 15) is 4.79 Å². The zero-order valence-electron chi connectivity index (χ0n) is 12.0. The number of benzene rings is 1. The molecule has 2 aromatic rings. The standard InChI is InChI=1S/C16H16N2O3S/c19-15(14-2-1-5-21-14)18-16-17-13(9-22-16)10-3-4-11-7-20-8-12(11)6-10/h3-4,6,9,14H,1-2,5,7-8H2,(H,17,18,19). The first kappa shape index (κ1) is 13.9. The Morgan fingerprint density at radius 1 is 1.32 bits per heavy atom. The minimum atomic E-state index is -0.329. The largest absolute Gasteiger partial charge is 0.372 e. The fraction of sp³-hybridized carbons (Fsp3) is 0.375. The van der Waals surface area contributed by atoms with Crippen LogP contribution in [0.4, 0.5) is 5.13 Å². The van der Waals surface area contributed by atoms with Crippen LogP contribution in [0.15, 0.2) is 23.6 Å². The number of anilines is 1. The van der Waals surface area contributed by atoms with E-state index in [2.05, 4.69) is 22.4 Å². The molecule has 1 atom stereocenters. The normalized spacial score (nSPS) is 20.1. The molecule has 6 heteroatoms. The molecule has 1 aromatic carbocycles. The van der Waals surface area contributed by atoms with Gasteiger partial charge in [-0.05, 0) is 30.0 Å². The molecule has 0 saturated carbocycles. The molecular formula is C16H16N2O3S. The fourth-order valence-corrected chi connectivity index (χ4v) is 3.49. The highest BCUT2D eigenvalue weighted by Gasteiger charge is 2.24. The first-order chi connectivity index (χ1) is 10.8. The van der Waals surface area contributed by atoms with Crippen molar-refractivity contribution < 1.29 is 14.3 Å². The molecule has 114 valence electrons. The van der Waals surface area contributed by atoms with Gasteiger partial charge in [0.25, 0.3) is 5.91 Å². The van der Waals surface area contributed by atoms with E-state index in [4.69, 9.17) is 9.47 Å². The number of hydrogen-bond acceptors (Lipinski definition) is 5. The first-order valence-corrected chi connectivity index (χ1v) is 8.25. The lowest BCUT2D eigenvalue weighted by Gasteiger charge is -2.07. The number of nitrogens with one attached hydrogen (secondary N) is 1. The molecule has 0 bridgehead atoms. The Hall–Kier alpha value is -1.76. The number of ether oxygens (including phenoxy) is 2. The predicted octanol–water partition coefficient (Wildman–Crippen LogP) is 2.96. The van der Waals surface area contributed by atoms with Crippen LogP contribution in [0, 0.1) is 0 Å². The Kier molecular flexibility index (Phi) is 3.65. The summed E-state index contributed by atoms with van der Waals surface area (Å²) in [5, 5.41) is 5.42. The van der Waals surface area contributed by atoms with Crippen LogP contribution < -0.4 is 5.32 Å². The molecule has 1 fully saturated rings. The number of carbonyl (C=O) groups is 1. The second-order valence-corrected chi connectivity index (χ2v) is 6.36. The summed E-state index contributed by atoms with van der Waals surface area (Å²) in [6.07, 6.45) is 1.40. The summed E-state index contributed by atoms with van der Waals surface area (Å²) in [5.41, 5.74) is 4.39.